The molecule has 1 aromatic carbocycles. The van der Waals surface area contributed by atoms with E-state index in [0.717, 1.165) is 17.1 Å². The van der Waals surface area contributed by atoms with Crippen molar-refractivity contribution in [3.63, 3.8) is 0 Å². The molecule has 0 fully saturated rings. The lowest BCUT2D eigenvalue weighted by molar-refractivity contribution is 0.311. The van der Waals surface area contributed by atoms with Crippen LogP contribution in [0, 0.1) is 0 Å². The van der Waals surface area contributed by atoms with E-state index in [-0.39, 0.29) is 0 Å². The normalized spacial score (nSPS) is 10.8. The van der Waals surface area contributed by atoms with Gasteiger partial charge in [-0.2, -0.15) is 5.10 Å². The lowest BCUT2D eigenvalue weighted by atomic mass is 10.2. The monoisotopic (exact) mass is 261 g/mol. The van der Waals surface area contributed by atoms with E-state index in [1.54, 1.807) is 7.11 Å². The Morgan fingerprint density at radius 2 is 2.05 bits per heavy atom. The van der Waals surface area contributed by atoms with E-state index in [9.17, 15) is 0 Å². The third-order valence-corrected chi connectivity index (χ3v) is 2.77. The van der Waals surface area contributed by atoms with E-state index in [0.29, 0.717) is 24.1 Å². The van der Waals surface area contributed by atoms with Gasteiger partial charge in [0.2, 0.25) is 0 Å². The van der Waals surface area contributed by atoms with Crippen LogP contribution in [-0.4, -0.2) is 28.9 Å². The van der Waals surface area contributed by atoms with E-state index >= 15 is 0 Å². The zero-order valence-corrected chi connectivity index (χ0v) is 11.7. The fraction of sp³-hybridized carbons (Fsp3) is 0.429. The van der Waals surface area contributed by atoms with Gasteiger partial charge in [-0.25, -0.2) is 4.98 Å². The SMILES string of the molecule is CCOc1ccc(-c2n[nH]c(C(C)C)n2)cc1OC. The van der Waals surface area contributed by atoms with Crippen molar-refractivity contribution >= 4 is 0 Å². The van der Waals surface area contributed by atoms with Gasteiger partial charge in [-0.15, -0.1) is 0 Å². The van der Waals surface area contributed by atoms with Gasteiger partial charge in [0.05, 0.1) is 13.7 Å². The molecule has 0 atom stereocenters. The summed E-state index contributed by atoms with van der Waals surface area (Å²) in [7, 11) is 1.62. The zero-order chi connectivity index (χ0) is 13.8. The predicted octanol–water partition coefficient (Wildman–Crippen LogP) is 3.00. The highest BCUT2D eigenvalue weighted by atomic mass is 16.5. The zero-order valence-electron chi connectivity index (χ0n) is 11.7. The lowest BCUT2D eigenvalue weighted by Gasteiger charge is -2.09. The highest BCUT2D eigenvalue weighted by Gasteiger charge is 2.11. The number of H-pyrrole nitrogens is 1. The summed E-state index contributed by atoms with van der Waals surface area (Å²) in [6.45, 7) is 6.69. The van der Waals surface area contributed by atoms with E-state index in [4.69, 9.17) is 9.47 Å². The summed E-state index contributed by atoms with van der Waals surface area (Å²) < 4.78 is 10.8. The van der Waals surface area contributed by atoms with Crippen LogP contribution < -0.4 is 9.47 Å². The second-order valence-corrected chi connectivity index (χ2v) is 4.50. The molecule has 1 aromatic heterocycles. The van der Waals surface area contributed by atoms with Crippen molar-refractivity contribution in [1.29, 1.82) is 0 Å². The molecule has 19 heavy (non-hydrogen) atoms. The maximum absolute atomic E-state index is 5.49. The molecule has 0 saturated heterocycles. The Balaban J connectivity index is 2.34. The Kier molecular flexibility index (Phi) is 4.04. The molecule has 0 spiro atoms. The van der Waals surface area contributed by atoms with Crippen LogP contribution in [0.3, 0.4) is 0 Å². The summed E-state index contributed by atoms with van der Waals surface area (Å²) in [5.41, 5.74) is 0.906. The molecule has 0 bridgehead atoms. The summed E-state index contributed by atoms with van der Waals surface area (Å²) in [6, 6.07) is 5.70. The Labute approximate surface area is 113 Å². The van der Waals surface area contributed by atoms with Crippen molar-refractivity contribution in [2.75, 3.05) is 13.7 Å². The summed E-state index contributed by atoms with van der Waals surface area (Å²) >= 11 is 0. The number of aromatic amines is 1. The Bertz CT molecular complexity index is 549. The largest absolute Gasteiger partial charge is 0.493 e. The highest BCUT2D eigenvalue weighted by Crippen LogP contribution is 2.31. The van der Waals surface area contributed by atoms with Crippen LogP contribution in [0.4, 0.5) is 0 Å². The van der Waals surface area contributed by atoms with Gasteiger partial charge in [0.15, 0.2) is 17.3 Å². The average Bonchev–Trinajstić information content (AvgIpc) is 2.89. The molecule has 2 rings (SSSR count). The Morgan fingerprint density at radius 1 is 1.26 bits per heavy atom. The average molecular weight is 261 g/mol. The first-order valence-corrected chi connectivity index (χ1v) is 6.39. The van der Waals surface area contributed by atoms with Crippen molar-refractivity contribution in [2.24, 2.45) is 0 Å². The number of hydrogen-bond donors (Lipinski definition) is 1. The highest BCUT2D eigenvalue weighted by molar-refractivity contribution is 5.60. The second kappa shape index (κ2) is 5.73. The number of benzene rings is 1. The minimum Gasteiger partial charge on any atom is -0.493 e. The van der Waals surface area contributed by atoms with Crippen LogP contribution in [0.25, 0.3) is 11.4 Å². The van der Waals surface area contributed by atoms with Gasteiger partial charge in [-0.1, -0.05) is 13.8 Å². The summed E-state index contributed by atoms with van der Waals surface area (Å²) in [5.74, 6) is 3.29. The van der Waals surface area contributed by atoms with Crippen LogP contribution >= 0.6 is 0 Å². The van der Waals surface area contributed by atoms with Crippen molar-refractivity contribution in [3.05, 3.63) is 24.0 Å². The van der Waals surface area contributed by atoms with Crippen LogP contribution in [-0.2, 0) is 0 Å². The van der Waals surface area contributed by atoms with Crippen LogP contribution in [0.5, 0.6) is 11.5 Å². The second-order valence-electron chi connectivity index (χ2n) is 4.50. The minimum atomic E-state index is 0.325. The number of aromatic nitrogens is 3. The first-order chi connectivity index (χ1) is 9.15. The van der Waals surface area contributed by atoms with Gasteiger partial charge < -0.3 is 9.47 Å². The standard InChI is InChI=1S/C14H19N3O2/c1-5-19-11-7-6-10(8-12(11)18-4)14-15-13(9(2)3)16-17-14/h6-9H,5H2,1-4H3,(H,15,16,17). The number of hydrogen-bond acceptors (Lipinski definition) is 4. The molecule has 0 unspecified atom stereocenters. The molecule has 0 saturated carbocycles. The molecule has 0 aliphatic heterocycles. The van der Waals surface area contributed by atoms with Crippen LogP contribution in [0.15, 0.2) is 18.2 Å². The third kappa shape index (κ3) is 2.86. The quantitative estimate of drug-likeness (QED) is 0.898. The van der Waals surface area contributed by atoms with Gasteiger partial charge in [0.25, 0.3) is 0 Å². The molecule has 0 aliphatic rings. The molecule has 102 valence electrons. The van der Waals surface area contributed by atoms with E-state index in [1.807, 2.05) is 25.1 Å². The first-order valence-electron chi connectivity index (χ1n) is 6.39. The molecule has 0 amide bonds. The predicted molar refractivity (Wildman–Crippen MR) is 73.6 cm³/mol. The number of rotatable bonds is 5. The molecule has 0 radical (unpaired) electrons. The lowest BCUT2D eigenvalue weighted by Crippen LogP contribution is -1.95. The molecular weight excluding hydrogens is 242 g/mol. The topological polar surface area (TPSA) is 60.0 Å². The van der Waals surface area contributed by atoms with Gasteiger partial charge >= 0.3 is 0 Å². The molecule has 0 aliphatic carbocycles. The van der Waals surface area contributed by atoms with Crippen molar-refractivity contribution in [3.8, 4) is 22.9 Å². The maximum atomic E-state index is 5.49. The van der Waals surface area contributed by atoms with Gasteiger partial charge in [-0.3, -0.25) is 5.10 Å². The number of nitrogens with one attached hydrogen (secondary N) is 1. The van der Waals surface area contributed by atoms with Gasteiger partial charge in [0, 0.05) is 11.5 Å². The molecule has 2 aromatic rings. The summed E-state index contributed by atoms with van der Waals surface area (Å²) in [6.07, 6.45) is 0. The van der Waals surface area contributed by atoms with Crippen LogP contribution in [0.1, 0.15) is 32.5 Å². The summed E-state index contributed by atoms with van der Waals surface area (Å²) in [4.78, 5) is 4.47. The van der Waals surface area contributed by atoms with E-state index in [2.05, 4.69) is 29.0 Å². The Morgan fingerprint density at radius 3 is 2.63 bits per heavy atom. The molecule has 5 nitrogen and oxygen atoms in total. The summed E-state index contributed by atoms with van der Waals surface area (Å²) in [5, 5.41) is 7.17. The molecule has 1 N–H and O–H groups in total. The van der Waals surface area contributed by atoms with E-state index in [1.165, 1.54) is 0 Å². The molecule has 5 heteroatoms. The van der Waals surface area contributed by atoms with Crippen LogP contribution in [0.2, 0.25) is 0 Å². The fourth-order valence-electron chi connectivity index (χ4n) is 1.74. The van der Waals surface area contributed by atoms with Crippen molar-refractivity contribution < 1.29 is 9.47 Å². The van der Waals surface area contributed by atoms with Gasteiger partial charge in [-0.05, 0) is 25.1 Å². The van der Waals surface area contributed by atoms with Crippen molar-refractivity contribution in [1.82, 2.24) is 15.2 Å². The van der Waals surface area contributed by atoms with Crippen molar-refractivity contribution in [2.45, 2.75) is 26.7 Å². The minimum absolute atomic E-state index is 0.325. The number of ether oxygens (including phenoxy) is 2. The molecular formula is C14H19N3O2. The number of nitrogens with zero attached hydrogens (tertiary/aromatic N) is 2. The maximum Gasteiger partial charge on any atom is 0.181 e. The fourth-order valence-corrected chi connectivity index (χ4v) is 1.74. The first kappa shape index (κ1) is 13.4. The Hall–Kier alpha value is -2.04. The third-order valence-electron chi connectivity index (χ3n) is 2.77. The smallest absolute Gasteiger partial charge is 0.181 e. The molecule has 1 heterocycles. The van der Waals surface area contributed by atoms with E-state index < -0.39 is 0 Å². The number of methoxy groups -OCH3 is 1. The van der Waals surface area contributed by atoms with Gasteiger partial charge in [0.1, 0.15) is 5.82 Å².